The fraction of sp³-hybridized carbons (Fsp3) is 0.0870. The maximum atomic E-state index is 12.3. The Morgan fingerprint density at radius 3 is 2.37 bits per heavy atom. The molecule has 0 spiro atoms. The fourth-order valence-corrected chi connectivity index (χ4v) is 3.09. The second kappa shape index (κ2) is 8.08. The van der Waals surface area contributed by atoms with Crippen LogP contribution in [-0.2, 0) is 0 Å². The van der Waals surface area contributed by atoms with Gasteiger partial charge in [0.2, 0.25) is 0 Å². The van der Waals surface area contributed by atoms with Crippen LogP contribution in [0.3, 0.4) is 0 Å². The third-order valence-electron chi connectivity index (χ3n) is 4.55. The van der Waals surface area contributed by atoms with Gasteiger partial charge in [-0.3, -0.25) is 4.79 Å². The summed E-state index contributed by atoms with van der Waals surface area (Å²) in [5.41, 5.74) is 2.68. The molecule has 0 atom stereocenters. The van der Waals surface area contributed by atoms with Gasteiger partial charge in [0.25, 0.3) is 5.91 Å². The number of nitrogens with one attached hydrogen (secondary N) is 2. The minimum absolute atomic E-state index is 0.0209. The lowest BCUT2D eigenvalue weighted by atomic mass is 10.2. The van der Waals surface area contributed by atoms with Gasteiger partial charge in [-0.25, -0.2) is 9.97 Å². The Bertz CT molecular complexity index is 1210. The van der Waals surface area contributed by atoms with Crippen molar-refractivity contribution in [1.29, 1.82) is 0 Å². The summed E-state index contributed by atoms with van der Waals surface area (Å²) in [6, 6.07) is 19.6. The number of amides is 1. The van der Waals surface area contributed by atoms with Crippen LogP contribution in [0.15, 0.2) is 66.7 Å². The predicted octanol–water partition coefficient (Wildman–Crippen LogP) is 4.65. The van der Waals surface area contributed by atoms with E-state index in [1.54, 1.807) is 31.2 Å². The van der Waals surface area contributed by atoms with Gasteiger partial charge in [0.1, 0.15) is 11.6 Å². The molecule has 7 nitrogen and oxygen atoms in total. The van der Waals surface area contributed by atoms with Crippen molar-refractivity contribution in [2.75, 3.05) is 17.7 Å². The van der Waals surface area contributed by atoms with E-state index in [9.17, 15) is 9.90 Å². The second-order valence-corrected chi connectivity index (χ2v) is 6.68. The summed E-state index contributed by atoms with van der Waals surface area (Å²) in [5, 5.41) is 16.9. The lowest BCUT2D eigenvalue weighted by Crippen LogP contribution is -2.11. The number of ether oxygens (including phenoxy) is 1. The van der Waals surface area contributed by atoms with E-state index >= 15 is 0 Å². The van der Waals surface area contributed by atoms with Gasteiger partial charge in [0, 0.05) is 28.4 Å². The zero-order valence-corrected chi connectivity index (χ0v) is 16.5. The molecular formula is C23H20N4O3. The number of aromatic hydroxyl groups is 1. The molecule has 3 N–H and O–H groups in total. The van der Waals surface area contributed by atoms with Gasteiger partial charge in [-0.15, -0.1) is 0 Å². The van der Waals surface area contributed by atoms with Gasteiger partial charge in [-0.1, -0.05) is 18.2 Å². The van der Waals surface area contributed by atoms with Crippen molar-refractivity contribution in [3.8, 4) is 11.5 Å². The van der Waals surface area contributed by atoms with E-state index in [-0.39, 0.29) is 11.7 Å². The van der Waals surface area contributed by atoms with E-state index in [1.807, 2.05) is 42.5 Å². The van der Waals surface area contributed by atoms with E-state index in [1.165, 1.54) is 7.11 Å². The van der Waals surface area contributed by atoms with Gasteiger partial charge >= 0.3 is 0 Å². The Balaban J connectivity index is 1.57. The molecule has 4 rings (SSSR count). The topological polar surface area (TPSA) is 96.4 Å². The number of benzene rings is 3. The molecule has 0 aliphatic carbocycles. The van der Waals surface area contributed by atoms with Gasteiger partial charge in [-0.05, 0) is 49.4 Å². The molecule has 0 aliphatic heterocycles. The first kappa shape index (κ1) is 19.2. The van der Waals surface area contributed by atoms with Crippen molar-refractivity contribution in [3.63, 3.8) is 0 Å². The highest BCUT2D eigenvalue weighted by Gasteiger charge is 2.12. The van der Waals surface area contributed by atoms with E-state index in [0.717, 1.165) is 11.1 Å². The number of methoxy groups -OCH3 is 1. The first-order valence-electron chi connectivity index (χ1n) is 9.32. The third kappa shape index (κ3) is 4.00. The number of carbonyl (C=O) groups excluding carboxylic acids is 1. The minimum Gasteiger partial charge on any atom is -0.504 e. The average Bonchev–Trinajstić information content (AvgIpc) is 2.75. The monoisotopic (exact) mass is 400 g/mol. The van der Waals surface area contributed by atoms with Crippen LogP contribution < -0.4 is 15.4 Å². The Hall–Kier alpha value is -4.13. The zero-order chi connectivity index (χ0) is 21.1. The smallest absolute Gasteiger partial charge is 0.255 e. The molecule has 7 heteroatoms. The molecule has 0 fully saturated rings. The zero-order valence-electron chi connectivity index (χ0n) is 16.5. The molecule has 0 radical (unpaired) electrons. The normalized spacial score (nSPS) is 10.6. The van der Waals surface area contributed by atoms with Crippen LogP contribution in [0.5, 0.6) is 11.5 Å². The third-order valence-corrected chi connectivity index (χ3v) is 4.55. The number of carbonyl (C=O) groups is 1. The minimum atomic E-state index is -0.166. The molecule has 0 bridgehead atoms. The average molecular weight is 400 g/mol. The largest absolute Gasteiger partial charge is 0.504 e. The van der Waals surface area contributed by atoms with Crippen LogP contribution in [0.1, 0.15) is 16.2 Å². The highest BCUT2D eigenvalue weighted by atomic mass is 16.5. The van der Waals surface area contributed by atoms with Crippen molar-refractivity contribution in [2.45, 2.75) is 6.92 Å². The van der Waals surface area contributed by atoms with Gasteiger partial charge < -0.3 is 20.5 Å². The Kier molecular flexibility index (Phi) is 5.17. The molecular weight excluding hydrogens is 380 g/mol. The van der Waals surface area contributed by atoms with Gasteiger partial charge in [0.05, 0.1) is 12.6 Å². The number of anilines is 3. The second-order valence-electron chi connectivity index (χ2n) is 6.68. The molecule has 0 unspecified atom stereocenters. The van der Waals surface area contributed by atoms with Crippen LogP contribution in [0.4, 0.5) is 17.2 Å². The van der Waals surface area contributed by atoms with Crippen molar-refractivity contribution in [1.82, 2.24) is 9.97 Å². The first-order chi connectivity index (χ1) is 14.5. The number of rotatable bonds is 5. The molecule has 0 saturated heterocycles. The molecule has 1 heterocycles. The molecule has 0 saturated carbocycles. The van der Waals surface area contributed by atoms with Gasteiger partial charge in [0.15, 0.2) is 11.5 Å². The Labute approximate surface area is 173 Å². The van der Waals surface area contributed by atoms with E-state index in [4.69, 9.17) is 4.74 Å². The van der Waals surface area contributed by atoms with E-state index in [0.29, 0.717) is 34.2 Å². The lowest BCUT2D eigenvalue weighted by Gasteiger charge is -2.12. The summed E-state index contributed by atoms with van der Waals surface area (Å²) >= 11 is 0. The van der Waals surface area contributed by atoms with Crippen molar-refractivity contribution < 1.29 is 14.6 Å². The number of fused-ring (bicyclic) bond motifs is 1. The summed E-state index contributed by atoms with van der Waals surface area (Å²) in [4.78, 5) is 21.1. The summed E-state index contributed by atoms with van der Waals surface area (Å²) in [7, 11) is 1.49. The highest BCUT2D eigenvalue weighted by Crippen LogP contribution is 2.34. The maximum absolute atomic E-state index is 12.3. The number of aromatic nitrogens is 2. The molecule has 3 aromatic carbocycles. The van der Waals surface area contributed by atoms with Crippen LogP contribution in [-0.4, -0.2) is 28.1 Å². The SMILES string of the molecule is COc1cc2c(Nc3ccc(NC(=O)c4ccccc4)cc3)nc(C)nc2cc1O. The van der Waals surface area contributed by atoms with Crippen molar-refractivity contribution in [3.05, 3.63) is 78.1 Å². The maximum Gasteiger partial charge on any atom is 0.255 e. The lowest BCUT2D eigenvalue weighted by molar-refractivity contribution is 0.102. The predicted molar refractivity (Wildman–Crippen MR) is 117 cm³/mol. The number of hydrogen-bond acceptors (Lipinski definition) is 6. The summed E-state index contributed by atoms with van der Waals surface area (Å²) in [6.45, 7) is 1.79. The fourth-order valence-electron chi connectivity index (χ4n) is 3.09. The summed E-state index contributed by atoms with van der Waals surface area (Å²) < 4.78 is 5.20. The standard InChI is InChI=1S/C23H20N4O3/c1-14-24-19-13-20(28)21(30-2)12-18(19)22(25-14)26-16-8-10-17(11-9-16)27-23(29)15-6-4-3-5-7-15/h3-13,28H,1-2H3,(H,27,29)(H,24,25,26). The number of aryl methyl sites for hydroxylation is 1. The number of phenols is 1. The molecule has 4 aromatic rings. The van der Waals surface area contributed by atoms with Crippen molar-refractivity contribution >= 4 is 34.0 Å². The first-order valence-corrected chi connectivity index (χ1v) is 9.32. The van der Waals surface area contributed by atoms with E-state index < -0.39 is 0 Å². The molecule has 1 aromatic heterocycles. The number of phenolic OH excluding ortho intramolecular Hbond substituents is 1. The van der Waals surface area contributed by atoms with Crippen molar-refractivity contribution in [2.24, 2.45) is 0 Å². The molecule has 150 valence electrons. The molecule has 1 amide bonds. The Morgan fingerprint density at radius 1 is 0.967 bits per heavy atom. The summed E-state index contributed by atoms with van der Waals surface area (Å²) in [6.07, 6.45) is 0. The van der Waals surface area contributed by atoms with Crippen LogP contribution >= 0.6 is 0 Å². The number of hydrogen-bond donors (Lipinski definition) is 3. The highest BCUT2D eigenvalue weighted by molar-refractivity contribution is 6.04. The molecule has 0 aliphatic rings. The van der Waals surface area contributed by atoms with Crippen LogP contribution in [0.2, 0.25) is 0 Å². The quantitative estimate of drug-likeness (QED) is 0.451. The van der Waals surface area contributed by atoms with Gasteiger partial charge in [-0.2, -0.15) is 0 Å². The number of nitrogens with zero attached hydrogens (tertiary/aromatic N) is 2. The summed E-state index contributed by atoms with van der Waals surface area (Å²) in [5.74, 6) is 1.36. The van der Waals surface area contributed by atoms with Crippen LogP contribution in [0.25, 0.3) is 10.9 Å². The van der Waals surface area contributed by atoms with E-state index in [2.05, 4.69) is 20.6 Å². The Morgan fingerprint density at radius 2 is 1.67 bits per heavy atom. The van der Waals surface area contributed by atoms with Crippen LogP contribution in [0, 0.1) is 6.92 Å². The molecule has 30 heavy (non-hydrogen) atoms.